The number of rotatable bonds is 3. The Bertz CT molecular complexity index is 528. The minimum absolute atomic E-state index is 0.179. The number of piperidine rings is 1. The summed E-state index contributed by atoms with van der Waals surface area (Å²) in [7, 11) is 0. The molecule has 114 valence electrons. The first-order chi connectivity index (χ1) is 10.1. The molecule has 0 saturated carbocycles. The van der Waals surface area contributed by atoms with Crippen LogP contribution in [0, 0.1) is 0 Å². The van der Waals surface area contributed by atoms with E-state index in [1.54, 1.807) is 11.3 Å². The molecule has 2 amide bonds. The smallest absolute Gasteiger partial charge is 0.227 e. The van der Waals surface area contributed by atoms with Crippen LogP contribution in [0.5, 0.6) is 0 Å². The number of carbonyl (C=O) groups is 2. The normalized spacial score (nSPS) is 25.9. The first-order valence-corrected chi connectivity index (χ1v) is 8.68. The van der Waals surface area contributed by atoms with E-state index in [2.05, 4.69) is 0 Å². The van der Waals surface area contributed by atoms with E-state index in [9.17, 15) is 9.59 Å². The van der Waals surface area contributed by atoms with Crippen LogP contribution in [-0.2, 0) is 16.0 Å². The summed E-state index contributed by atoms with van der Waals surface area (Å²) in [6.45, 7) is 4.27. The van der Waals surface area contributed by atoms with Gasteiger partial charge in [0, 0.05) is 19.6 Å². The van der Waals surface area contributed by atoms with Crippen molar-refractivity contribution in [2.45, 2.75) is 44.6 Å². The largest absolute Gasteiger partial charge is 0.341 e. The lowest BCUT2D eigenvalue weighted by atomic mass is 9.85. The van der Waals surface area contributed by atoms with Crippen LogP contribution in [0.2, 0.25) is 0 Å². The van der Waals surface area contributed by atoms with Crippen molar-refractivity contribution in [2.75, 3.05) is 19.6 Å². The zero-order chi connectivity index (χ0) is 14.9. The Morgan fingerprint density at radius 2 is 2.29 bits per heavy atom. The number of hydrogen-bond acceptors (Lipinski definition) is 3. The highest BCUT2D eigenvalue weighted by Crippen LogP contribution is 2.37. The number of likely N-dealkylation sites (tertiary alicyclic amines) is 2. The molecule has 0 aromatic carbocycles. The molecule has 2 fully saturated rings. The number of carbonyl (C=O) groups excluding carboxylic acids is 2. The van der Waals surface area contributed by atoms with Crippen LogP contribution in [0.15, 0.2) is 16.8 Å². The van der Waals surface area contributed by atoms with E-state index in [1.165, 1.54) is 0 Å². The van der Waals surface area contributed by atoms with Gasteiger partial charge in [-0.1, -0.05) is 0 Å². The van der Waals surface area contributed by atoms with Gasteiger partial charge in [0.2, 0.25) is 11.8 Å². The molecule has 1 spiro atoms. The summed E-state index contributed by atoms with van der Waals surface area (Å²) < 4.78 is 0. The summed E-state index contributed by atoms with van der Waals surface area (Å²) in [6.07, 6.45) is 4.11. The fraction of sp³-hybridized carbons (Fsp3) is 0.625. The van der Waals surface area contributed by atoms with Crippen LogP contribution >= 0.6 is 11.3 Å². The number of hydrogen-bond donors (Lipinski definition) is 0. The molecule has 0 radical (unpaired) electrons. The van der Waals surface area contributed by atoms with Gasteiger partial charge in [-0.3, -0.25) is 9.59 Å². The summed E-state index contributed by atoms with van der Waals surface area (Å²) in [5, 5.41) is 4.04. The van der Waals surface area contributed by atoms with Gasteiger partial charge in [-0.15, -0.1) is 0 Å². The lowest BCUT2D eigenvalue weighted by Crippen LogP contribution is -2.56. The van der Waals surface area contributed by atoms with E-state index >= 15 is 0 Å². The maximum Gasteiger partial charge on any atom is 0.227 e. The first kappa shape index (κ1) is 14.6. The van der Waals surface area contributed by atoms with Crippen molar-refractivity contribution in [1.82, 2.24) is 9.80 Å². The lowest BCUT2D eigenvalue weighted by molar-refractivity contribution is -0.138. The summed E-state index contributed by atoms with van der Waals surface area (Å²) in [4.78, 5) is 28.8. The van der Waals surface area contributed by atoms with Gasteiger partial charge < -0.3 is 9.80 Å². The van der Waals surface area contributed by atoms with Crippen LogP contribution in [0.25, 0.3) is 0 Å². The molecule has 1 atom stereocenters. The molecule has 4 nitrogen and oxygen atoms in total. The average molecular weight is 306 g/mol. The highest BCUT2D eigenvalue weighted by atomic mass is 32.1. The van der Waals surface area contributed by atoms with Crippen molar-refractivity contribution in [1.29, 1.82) is 0 Å². The second kappa shape index (κ2) is 5.79. The van der Waals surface area contributed by atoms with Crippen molar-refractivity contribution < 1.29 is 9.59 Å². The van der Waals surface area contributed by atoms with Gasteiger partial charge in [0.1, 0.15) is 0 Å². The van der Waals surface area contributed by atoms with E-state index in [1.807, 2.05) is 33.6 Å². The molecule has 21 heavy (non-hydrogen) atoms. The minimum Gasteiger partial charge on any atom is -0.341 e. The second-order valence-corrected chi connectivity index (χ2v) is 6.90. The van der Waals surface area contributed by atoms with Gasteiger partial charge in [0.05, 0.1) is 18.4 Å². The third kappa shape index (κ3) is 2.71. The maximum absolute atomic E-state index is 12.7. The van der Waals surface area contributed by atoms with E-state index in [4.69, 9.17) is 0 Å². The molecule has 1 aromatic rings. The van der Waals surface area contributed by atoms with Crippen LogP contribution in [0.3, 0.4) is 0 Å². The third-order valence-corrected chi connectivity index (χ3v) is 5.51. The molecule has 2 saturated heterocycles. The van der Waals surface area contributed by atoms with Crippen LogP contribution in [0.4, 0.5) is 0 Å². The summed E-state index contributed by atoms with van der Waals surface area (Å²) in [6, 6.07) is 2.01. The lowest BCUT2D eigenvalue weighted by Gasteiger charge is -2.44. The molecular weight excluding hydrogens is 284 g/mol. The molecule has 3 rings (SSSR count). The molecule has 2 aliphatic heterocycles. The van der Waals surface area contributed by atoms with Crippen LogP contribution in [-0.4, -0.2) is 46.8 Å². The highest BCUT2D eigenvalue weighted by molar-refractivity contribution is 7.08. The van der Waals surface area contributed by atoms with Crippen molar-refractivity contribution in [3.63, 3.8) is 0 Å². The fourth-order valence-electron chi connectivity index (χ4n) is 3.68. The van der Waals surface area contributed by atoms with Crippen molar-refractivity contribution >= 4 is 23.2 Å². The van der Waals surface area contributed by atoms with Crippen molar-refractivity contribution in [3.8, 4) is 0 Å². The third-order valence-electron chi connectivity index (χ3n) is 4.78. The molecule has 5 heteroatoms. The van der Waals surface area contributed by atoms with E-state index in [-0.39, 0.29) is 17.4 Å². The highest BCUT2D eigenvalue weighted by Gasteiger charge is 2.49. The van der Waals surface area contributed by atoms with E-state index in [0.717, 1.165) is 44.5 Å². The van der Waals surface area contributed by atoms with Crippen molar-refractivity contribution in [3.05, 3.63) is 22.4 Å². The Hall–Kier alpha value is -1.36. The summed E-state index contributed by atoms with van der Waals surface area (Å²) in [5.41, 5.74) is 0.848. The predicted octanol–water partition coefficient (Wildman–Crippen LogP) is 2.29. The molecule has 1 unspecified atom stereocenters. The Balaban J connectivity index is 1.78. The zero-order valence-corrected chi connectivity index (χ0v) is 13.3. The van der Waals surface area contributed by atoms with Gasteiger partial charge in [-0.2, -0.15) is 11.3 Å². The molecular formula is C16H22N2O2S. The number of likely N-dealkylation sites (N-methyl/N-ethyl adjacent to an activating group) is 1. The Kier molecular flexibility index (Phi) is 4.02. The molecule has 0 N–H and O–H groups in total. The van der Waals surface area contributed by atoms with Gasteiger partial charge in [-0.05, 0) is 48.6 Å². The summed E-state index contributed by atoms with van der Waals surface area (Å²) >= 11 is 1.62. The molecule has 3 heterocycles. The Morgan fingerprint density at radius 1 is 1.43 bits per heavy atom. The topological polar surface area (TPSA) is 40.6 Å². The SMILES string of the molecule is CCN1CC2(CCCCN2C(=O)Cc2ccsc2)CC1=O. The molecule has 0 bridgehead atoms. The fourth-order valence-corrected chi connectivity index (χ4v) is 4.35. The predicted molar refractivity (Wildman–Crippen MR) is 83.2 cm³/mol. The van der Waals surface area contributed by atoms with E-state index in [0.29, 0.717) is 12.8 Å². The van der Waals surface area contributed by atoms with Gasteiger partial charge in [-0.25, -0.2) is 0 Å². The van der Waals surface area contributed by atoms with Gasteiger partial charge in [0.25, 0.3) is 0 Å². The monoisotopic (exact) mass is 306 g/mol. The Morgan fingerprint density at radius 3 is 2.95 bits per heavy atom. The van der Waals surface area contributed by atoms with Crippen LogP contribution < -0.4 is 0 Å². The first-order valence-electron chi connectivity index (χ1n) is 7.74. The number of nitrogens with zero attached hydrogens (tertiary/aromatic N) is 2. The second-order valence-electron chi connectivity index (χ2n) is 6.12. The maximum atomic E-state index is 12.7. The molecule has 1 aromatic heterocycles. The zero-order valence-electron chi connectivity index (χ0n) is 12.5. The summed E-state index contributed by atoms with van der Waals surface area (Å²) in [5.74, 6) is 0.381. The molecule has 2 aliphatic rings. The van der Waals surface area contributed by atoms with E-state index < -0.39 is 0 Å². The quantitative estimate of drug-likeness (QED) is 0.860. The minimum atomic E-state index is -0.238. The molecule has 0 aliphatic carbocycles. The number of thiophene rings is 1. The Labute approximate surface area is 129 Å². The number of amides is 2. The van der Waals surface area contributed by atoms with Crippen molar-refractivity contribution in [2.24, 2.45) is 0 Å². The van der Waals surface area contributed by atoms with Gasteiger partial charge >= 0.3 is 0 Å². The average Bonchev–Trinajstić information content (AvgIpc) is 3.07. The van der Waals surface area contributed by atoms with Gasteiger partial charge in [0.15, 0.2) is 0 Å². The standard InChI is InChI=1S/C16H22N2O2S/c1-2-17-12-16(10-15(17)20)6-3-4-7-18(16)14(19)9-13-5-8-21-11-13/h5,8,11H,2-4,6-7,9-10,12H2,1H3. The van der Waals surface area contributed by atoms with Crippen LogP contribution in [0.1, 0.15) is 38.2 Å².